The Morgan fingerprint density at radius 2 is 1.78 bits per heavy atom. The highest BCUT2D eigenvalue weighted by molar-refractivity contribution is 5.99. The van der Waals surface area contributed by atoms with Gasteiger partial charge < -0.3 is 14.7 Å². The second kappa shape index (κ2) is 4.63. The van der Waals surface area contributed by atoms with Crippen molar-refractivity contribution in [2.24, 2.45) is 0 Å². The van der Waals surface area contributed by atoms with Crippen molar-refractivity contribution >= 4 is 11.6 Å². The largest absolute Gasteiger partial charge is 0.416 e. The first-order valence-electron chi connectivity index (χ1n) is 7.72. The normalized spacial score (nSPS) is 27.3. The zero-order chi connectivity index (χ0) is 16.5. The highest BCUT2D eigenvalue weighted by Crippen LogP contribution is 2.43. The number of carbonyl (C=O) groups excluding carboxylic acids is 1. The van der Waals surface area contributed by atoms with Crippen LogP contribution in [0.5, 0.6) is 0 Å². The lowest BCUT2D eigenvalue weighted by Gasteiger charge is -2.57. The maximum atomic E-state index is 13.5. The Morgan fingerprint density at radius 1 is 1.13 bits per heavy atom. The standard InChI is InChI=1S/C16H18F3N3O/c1-20-6-10-3-11(7-20)22(10)9-4-12-13(8-21(2)15(12)23)14(5-9)16(17,18)19/h4-5,10-11H,3,6-8H2,1-2H3. The van der Waals surface area contributed by atoms with Gasteiger partial charge in [0.15, 0.2) is 0 Å². The molecule has 0 spiro atoms. The monoisotopic (exact) mass is 325 g/mol. The Balaban J connectivity index is 1.80. The van der Waals surface area contributed by atoms with Crippen LogP contribution < -0.4 is 4.90 Å². The van der Waals surface area contributed by atoms with Gasteiger partial charge >= 0.3 is 6.18 Å². The number of alkyl halides is 3. The summed E-state index contributed by atoms with van der Waals surface area (Å²) in [5.41, 5.74) is 0.183. The van der Waals surface area contributed by atoms with Crippen LogP contribution in [0.1, 0.15) is 27.9 Å². The number of carbonyl (C=O) groups is 1. The molecule has 3 fully saturated rings. The van der Waals surface area contributed by atoms with Crippen LogP contribution in [-0.2, 0) is 12.7 Å². The summed E-state index contributed by atoms with van der Waals surface area (Å²) in [4.78, 5) is 17.8. The second-order valence-electron chi connectivity index (χ2n) is 6.85. The van der Waals surface area contributed by atoms with E-state index in [0.717, 1.165) is 19.5 Å². The maximum absolute atomic E-state index is 13.5. The third-order valence-electron chi connectivity index (χ3n) is 5.19. The number of rotatable bonds is 1. The molecule has 1 aromatic rings. The number of piperazine rings is 1. The quantitative estimate of drug-likeness (QED) is 0.792. The number of nitrogens with zero attached hydrogens (tertiary/aromatic N) is 3. The van der Waals surface area contributed by atoms with Gasteiger partial charge in [-0.2, -0.15) is 13.2 Å². The molecule has 0 N–H and O–H groups in total. The van der Waals surface area contributed by atoms with Crippen molar-refractivity contribution in [3.63, 3.8) is 0 Å². The van der Waals surface area contributed by atoms with Gasteiger partial charge in [0.25, 0.3) is 5.91 Å². The molecule has 2 bridgehead atoms. The van der Waals surface area contributed by atoms with E-state index in [4.69, 9.17) is 0 Å². The van der Waals surface area contributed by atoms with Crippen LogP contribution in [0.25, 0.3) is 0 Å². The van der Waals surface area contributed by atoms with Gasteiger partial charge in [-0.15, -0.1) is 0 Å². The number of anilines is 1. The van der Waals surface area contributed by atoms with Crippen LogP contribution in [0.15, 0.2) is 12.1 Å². The van der Waals surface area contributed by atoms with Crippen molar-refractivity contribution in [2.75, 3.05) is 32.1 Å². The zero-order valence-corrected chi connectivity index (χ0v) is 13.0. The van der Waals surface area contributed by atoms with Crippen LogP contribution in [0, 0.1) is 0 Å². The molecule has 4 aliphatic heterocycles. The molecule has 124 valence electrons. The van der Waals surface area contributed by atoms with E-state index >= 15 is 0 Å². The number of likely N-dealkylation sites (N-methyl/N-ethyl adjacent to an activating group) is 1. The van der Waals surface area contributed by atoms with E-state index < -0.39 is 11.7 Å². The summed E-state index contributed by atoms with van der Waals surface area (Å²) in [6.07, 6.45) is -3.43. The van der Waals surface area contributed by atoms with Crippen LogP contribution >= 0.6 is 0 Å². The minimum absolute atomic E-state index is 0.0267. The number of benzene rings is 1. The van der Waals surface area contributed by atoms with Gasteiger partial charge in [-0.1, -0.05) is 0 Å². The van der Waals surface area contributed by atoms with E-state index in [-0.39, 0.29) is 35.7 Å². The summed E-state index contributed by atoms with van der Waals surface area (Å²) >= 11 is 0. The first-order valence-corrected chi connectivity index (χ1v) is 7.72. The topological polar surface area (TPSA) is 26.8 Å². The number of fused-ring (bicyclic) bond motifs is 3. The molecule has 0 radical (unpaired) electrons. The summed E-state index contributed by atoms with van der Waals surface area (Å²) in [5.74, 6) is -0.324. The molecular formula is C16H18F3N3O. The smallest absolute Gasteiger partial charge is 0.363 e. The lowest BCUT2D eigenvalue weighted by atomic mass is 9.86. The van der Waals surface area contributed by atoms with Crippen LogP contribution in [0.3, 0.4) is 0 Å². The number of amides is 1. The molecule has 4 nitrogen and oxygen atoms in total. The Hall–Kier alpha value is -1.76. The number of halogens is 3. The fraction of sp³-hybridized carbons (Fsp3) is 0.562. The molecular weight excluding hydrogens is 307 g/mol. The summed E-state index contributed by atoms with van der Waals surface area (Å²) < 4.78 is 40.4. The molecule has 2 atom stereocenters. The molecule has 7 heteroatoms. The highest BCUT2D eigenvalue weighted by Gasteiger charge is 2.46. The molecule has 0 aromatic heterocycles. The van der Waals surface area contributed by atoms with Gasteiger partial charge in [-0.3, -0.25) is 4.79 Å². The molecule has 4 aliphatic rings. The molecule has 3 saturated heterocycles. The van der Waals surface area contributed by atoms with Gasteiger partial charge in [0, 0.05) is 50.0 Å². The first-order chi connectivity index (χ1) is 10.8. The average Bonchev–Trinajstić information content (AvgIpc) is 2.72. The summed E-state index contributed by atoms with van der Waals surface area (Å²) in [5, 5.41) is 0. The number of hydrogen-bond acceptors (Lipinski definition) is 3. The van der Waals surface area contributed by atoms with Gasteiger partial charge in [-0.25, -0.2) is 0 Å². The van der Waals surface area contributed by atoms with Gasteiger partial charge in [0.2, 0.25) is 0 Å². The lowest BCUT2D eigenvalue weighted by Crippen LogP contribution is -2.68. The Labute approximate surface area is 132 Å². The Morgan fingerprint density at radius 3 is 2.39 bits per heavy atom. The van der Waals surface area contributed by atoms with E-state index in [1.54, 1.807) is 6.07 Å². The van der Waals surface area contributed by atoms with Crippen LogP contribution in [0.2, 0.25) is 0 Å². The predicted molar refractivity (Wildman–Crippen MR) is 79.4 cm³/mol. The fourth-order valence-electron chi connectivity index (χ4n) is 4.18. The zero-order valence-electron chi connectivity index (χ0n) is 13.0. The van der Waals surface area contributed by atoms with Crippen LogP contribution in [0.4, 0.5) is 18.9 Å². The minimum Gasteiger partial charge on any atom is -0.363 e. The maximum Gasteiger partial charge on any atom is 0.416 e. The van der Waals surface area contributed by atoms with Crippen molar-refractivity contribution in [2.45, 2.75) is 31.2 Å². The van der Waals surface area contributed by atoms with Gasteiger partial charge in [0.05, 0.1) is 5.56 Å². The Kier molecular flexibility index (Phi) is 2.98. The van der Waals surface area contributed by atoms with Crippen molar-refractivity contribution in [1.82, 2.24) is 9.80 Å². The second-order valence-corrected chi connectivity index (χ2v) is 6.85. The summed E-state index contributed by atoms with van der Waals surface area (Å²) in [6.45, 7) is 1.73. The molecule has 4 heterocycles. The minimum atomic E-state index is -4.44. The van der Waals surface area contributed by atoms with Crippen molar-refractivity contribution < 1.29 is 18.0 Å². The third-order valence-corrected chi connectivity index (χ3v) is 5.19. The Bertz CT molecular complexity index is 676. The molecule has 0 aliphatic carbocycles. The van der Waals surface area contributed by atoms with Crippen molar-refractivity contribution in [3.05, 3.63) is 28.8 Å². The number of piperidine rings is 1. The van der Waals surface area contributed by atoms with Crippen LogP contribution in [-0.4, -0.2) is 55.0 Å². The molecule has 23 heavy (non-hydrogen) atoms. The van der Waals surface area contributed by atoms with E-state index in [2.05, 4.69) is 9.80 Å². The van der Waals surface area contributed by atoms with E-state index in [1.807, 2.05) is 7.05 Å². The lowest BCUT2D eigenvalue weighted by molar-refractivity contribution is -0.138. The fourth-order valence-corrected chi connectivity index (χ4v) is 4.18. The molecule has 5 rings (SSSR count). The molecule has 1 aromatic carbocycles. The van der Waals surface area contributed by atoms with Gasteiger partial charge in [0.1, 0.15) is 0 Å². The van der Waals surface area contributed by atoms with E-state index in [0.29, 0.717) is 5.69 Å². The summed E-state index contributed by atoms with van der Waals surface area (Å²) in [6, 6.07) is 3.37. The van der Waals surface area contributed by atoms with Crippen molar-refractivity contribution in [1.29, 1.82) is 0 Å². The SMILES string of the molecule is CN1CC2CC(C1)N2c1cc2c(c(C(F)(F)F)c1)CN(C)C2=O. The summed E-state index contributed by atoms with van der Waals surface area (Å²) in [7, 11) is 3.56. The number of hydrogen-bond donors (Lipinski definition) is 0. The van der Waals surface area contributed by atoms with Crippen molar-refractivity contribution in [3.8, 4) is 0 Å². The molecule has 2 unspecified atom stereocenters. The van der Waals surface area contributed by atoms with E-state index in [9.17, 15) is 18.0 Å². The molecule has 0 saturated carbocycles. The van der Waals surface area contributed by atoms with Gasteiger partial charge in [-0.05, 0) is 31.2 Å². The first kappa shape index (κ1) is 14.8. The predicted octanol–water partition coefficient (Wildman–Crippen LogP) is 2.18. The highest BCUT2D eigenvalue weighted by atomic mass is 19.4. The molecule has 1 amide bonds. The third kappa shape index (κ3) is 2.13. The van der Waals surface area contributed by atoms with E-state index in [1.165, 1.54) is 18.0 Å². The average molecular weight is 325 g/mol.